The van der Waals surface area contributed by atoms with E-state index in [-0.39, 0.29) is 5.41 Å². The molecule has 47 heavy (non-hydrogen) atoms. The van der Waals surface area contributed by atoms with Gasteiger partial charge in [-0.25, -0.2) is 0 Å². The van der Waals surface area contributed by atoms with Crippen LogP contribution >= 0.6 is 11.3 Å². The second-order valence-corrected chi connectivity index (χ2v) is 14.1. The zero-order valence-electron chi connectivity index (χ0n) is 26.4. The molecule has 0 radical (unpaired) electrons. The van der Waals surface area contributed by atoms with Crippen molar-refractivity contribution in [2.75, 3.05) is 4.90 Å². The summed E-state index contributed by atoms with van der Waals surface area (Å²) in [5.74, 6) is 0. The molecule has 1 nitrogen and oxygen atoms in total. The van der Waals surface area contributed by atoms with Crippen LogP contribution in [0, 0.1) is 0 Å². The lowest BCUT2D eigenvalue weighted by atomic mass is 9.81. The van der Waals surface area contributed by atoms with Crippen LogP contribution in [0.3, 0.4) is 0 Å². The molecule has 1 aliphatic rings. The van der Waals surface area contributed by atoms with Gasteiger partial charge in [0, 0.05) is 42.5 Å². The van der Waals surface area contributed by atoms with Gasteiger partial charge in [-0.1, -0.05) is 129 Å². The smallest absolute Gasteiger partial charge is 0.0554 e. The van der Waals surface area contributed by atoms with Crippen LogP contribution in [0.1, 0.15) is 25.0 Å². The number of para-hydroxylation sites is 1. The Kier molecular flexibility index (Phi) is 6.41. The highest BCUT2D eigenvalue weighted by Gasteiger charge is 2.35. The molecular formula is C45H33NS. The minimum absolute atomic E-state index is 0.0757. The van der Waals surface area contributed by atoms with Gasteiger partial charge in [0.05, 0.1) is 5.69 Å². The molecular weight excluding hydrogens is 587 g/mol. The molecule has 7 aromatic carbocycles. The van der Waals surface area contributed by atoms with Crippen molar-refractivity contribution in [3.8, 4) is 33.4 Å². The van der Waals surface area contributed by atoms with Crippen molar-refractivity contribution < 1.29 is 0 Å². The van der Waals surface area contributed by atoms with E-state index in [1.807, 2.05) is 11.3 Å². The van der Waals surface area contributed by atoms with Crippen LogP contribution in [-0.2, 0) is 5.41 Å². The quantitative estimate of drug-likeness (QED) is 0.185. The number of fused-ring (bicyclic) bond motifs is 6. The van der Waals surface area contributed by atoms with Gasteiger partial charge in [-0.05, 0) is 87.5 Å². The van der Waals surface area contributed by atoms with Gasteiger partial charge >= 0.3 is 0 Å². The van der Waals surface area contributed by atoms with Crippen molar-refractivity contribution in [3.05, 3.63) is 175 Å². The molecule has 0 spiro atoms. The topological polar surface area (TPSA) is 3.24 Å². The van der Waals surface area contributed by atoms with Gasteiger partial charge in [0.1, 0.15) is 0 Å². The molecule has 0 aliphatic heterocycles. The van der Waals surface area contributed by atoms with E-state index >= 15 is 0 Å². The molecule has 1 heterocycles. The fourth-order valence-electron chi connectivity index (χ4n) is 7.49. The molecule has 9 rings (SSSR count). The summed E-state index contributed by atoms with van der Waals surface area (Å²) in [7, 11) is 0. The standard InChI is InChI=1S/C45H33NS/c1-45(2)40-19-11-9-17-35(40)36-26-23-32(27-41(36)45)38-28-39-37-18-10-12-20-43(37)47-44(39)29-42(38)46(33-15-7-4-8-16-33)34-24-21-31(22-25-34)30-13-5-3-6-14-30/h3-29H,1-2H3. The van der Waals surface area contributed by atoms with Crippen LogP contribution in [0.15, 0.2) is 164 Å². The molecule has 8 aromatic rings. The van der Waals surface area contributed by atoms with Crippen molar-refractivity contribution >= 4 is 48.6 Å². The molecule has 0 fully saturated rings. The van der Waals surface area contributed by atoms with Gasteiger partial charge < -0.3 is 4.90 Å². The molecule has 1 aliphatic carbocycles. The predicted molar refractivity (Wildman–Crippen MR) is 202 cm³/mol. The molecule has 0 saturated carbocycles. The second-order valence-electron chi connectivity index (χ2n) is 13.0. The van der Waals surface area contributed by atoms with Crippen molar-refractivity contribution in [2.45, 2.75) is 19.3 Å². The first-order valence-corrected chi connectivity index (χ1v) is 17.1. The third-order valence-corrected chi connectivity index (χ3v) is 11.0. The molecule has 2 heteroatoms. The Bertz CT molecular complexity index is 2420. The van der Waals surface area contributed by atoms with E-state index in [2.05, 4.69) is 183 Å². The first kappa shape index (κ1) is 27.8. The average Bonchev–Trinajstić information content (AvgIpc) is 3.60. The van der Waals surface area contributed by atoms with E-state index in [1.54, 1.807) is 0 Å². The highest BCUT2D eigenvalue weighted by atomic mass is 32.1. The molecule has 0 unspecified atom stereocenters. The third kappa shape index (κ3) is 4.52. The summed E-state index contributed by atoms with van der Waals surface area (Å²) in [5, 5.41) is 2.62. The number of anilines is 3. The largest absolute Gasteiger partial charge is 0.310 e. The molecule has 0 bridgehead atoms. The minimum Gasteiger partial charge on any atom is -0.310 e. The maximum absolute atomic E-state index is 2.45. The van der Waals surface area contributed by atoms with Crippen molar-refractivity contribution in [1.29, 1.82) is 0 Å². The Morgan fingerprint density at radius 1 is 0.426 bits per heavy atom. The average molecular weight is 620 g/mol. The maximum Gasteiger partial charge on any atom is 0.0554 e. The van der Waals surface area contributed by atoms with Gasteiger partial charge in [-0.2, -0.15) is 0 Å². The van der Waals surface area contributed by atoms with E-state index in [1.165, 1.54) is 70.4 Å². The van der Waals surface area contributed by atoms with Crippen molar-refractivity contribution in [1.82, 2.24) is 0 Å². The Morgan fingerprint density at radius 3 is 1.85 bits per heavy atom. The highest BCUT2D eigenvalue weighted by molar-refractivity contribution is 7.25. The monoisotopic (exact) mass is 619 g/mol. The van der Waals surface area contributed by atoms with Crippen molar-refractivity contribution in [2.24, 2.45) is 0 Å². The Morgan fingerprint density at radius 2 is 1.04 bits per heavy atom. The molecule has 1 aromatic heterocycles. The van der Waals surface area contributed by atoms with Gasteiger partial charge in [0.15, 0.2) is 0 Å². The Hall–Kier alpha value is -5.44. The van der Waals surface area contributed by atoms with Gasteiger partial charge in [-0.15, -0.1) is 11.3 Å². The van der Waals surface area contributed by atoms with Crippen LogP contribution in [0.25, 0.3) is 53.6 Å². The van der Waals surface area contributed by atoms with E-state index in [0.717, 1.165) is 11.4 Å². The van der Waals surface area contributed by atoms with Gasteiger partial charge in [0.2, 0.25) is 0 Å². The zero-order valence-corrected chi connectivity index (χ0v) is 27.3. The van der Waals surface area contributed by atoms with Gasteiger partial charge in [-0.3, -0.25) is 0 Å². The van der Waals surface area contributed by atoms with Crippen LogP contribution < -0.4 is 4.90 Å². The fourth-order valence-corrected chi connectivity index (χ4v) is 8.61. The highest BCUT2D eigenvalue weighted by Crippen LogP contribution is 2.51. The van der Waals surface area contributed by atoms with E-state index in [0.29, 0.717) is 0 Å². The third-order valence-electron chi connectivity index (χ3n) is 9.88. The SMILES string of the molecule is CC1(C)c2ccccc2-c2ccc(-c3cc4c(cc3N(c3ccccc3)c3ccc(-c5ccccc5)cc3)sc3ccccc34)cc21. The second kappa shape index (κ2) is 10.8. The summed E-state index contributed by atoms with van der Waals surface area (Å²) in [5.41, 5.74) is 13.7. The molecule has 0 atom stereocenters. The van der Waals surface area contributed by atoms with Crippen LogP contribution in [-0.4, -0.2) is 0 Å². The lowest BCUT2D eigenvalue weighted by Crippen LogP contribution is -2.15. The molecule has 0 saturated heterocycles. The zero-order chi connectivity index (χ0) is 31.5. The summed E-state index contributed by atoms with van der Waals surface area (Å²) in [4.78, 5) is 2.43. The summed E-state index contributed by atoms with van der Waals surface area (Å²) in [6.45, 7) is 4.73. The number of thiophene rings is 1. The van der Waals surface area contributed by atoms with Crippen LogP contribution in [0.5, 0.6) is 0 Å². The lowest BCUT2D eigenvalue weighted by Gasteiger charge is -2.29. The van der Waals surface area contributed by atoms with E-state index in [9.17, 15) is 0 Å². The summed E-state index contributed by atoms with van der Waals surface area (Å²) < 4.78 is 2.61. The normalized spacial score (nSPS) is 13.1. The summed E-state index contributed by atoms with van der Waals surface area (Å²) in [6.07, 6.45) is 0. The summed E-state index contributed by atoms with van der Waals surface area (Å²) >= 11 is 1.87. The molecule has 0 N–H and O–H groups in total. The van der Waals surface area contributed by atoms with Gasteiger partial charge in [0.25, 0.3) is 0 Å². The Labute approximate surface area is 280 Å². The summed E-state index contributed by atoms with van der Waals surface area (Å²) in [6, 6.07) is 60.1. The molecule has 224 valence electrons. The molecule has 0 amide bonds. The number of rotatable bonds is 5. The van der Waals surface area contributed by atoms with E-state index in [4.69, 9.17) is 0 Å². The van der Waals surface area contributed by atoms with Crippen LogP contribution in [0.2, 0.25) is 0 Å². The minimum atomic E-state index is -0.0757. The Balaban J connectivity index is 1.29. The first-order chi connectivity index (χ1) is 23.1. The van der Waals surface area contributed by atoms with Crippen molar-refractivity contribution in [3.63, 3.8) is 0 Å². The predicted octanol–water partition coefficient (Wildman–Crippen LogP) is 13.2. The first-order valence-electron chi connectivity index (χ1n) is 16.3. The lowest BCUT2D eigenvalue weighted by molar-refractivity contribution is 0.660. The number of nitrogens with zero attached hydrogens (tertiary/aromatic N) is 1. The maximum atomic E-state index is 2.45. The van der Waals surface area contributed by atoms with E-state index < -0.39 is 0 Å². The number of benzene rings is 7. The fraction of sp³-hybridized carbons (Fsp3) is 0.0667. The van der Waals surface area contributed by atoms with Crippen LogP contribution in [0.4, 0.5) is 17.1 Å². The number of hydrogen-bond acceptors (Lipinski definition) is 2. The number of hydrogen-bond donors (Lipinski definition) is 0.